The van der Waals surface area contributed by atoms with Crippen molar-refractivity contribution in [2.45, 2.75) is 13.3 Å². The van der Waals surface area contributed by atoms with E-state index >= 15 is 0 Å². The van der Waals surface area contributed by atoms with Gasteiger partial charge in [0, 0.05) is 12.4 Å². The number of rotatable bonds is 7. The van der Waals surface area contributed by atoms with Gasteiger partial charge >= 0.3 is 5.97 Å². The van der Waals surface area contributed by atoms with Crippen LogP contribution in [0.25, 0.3) is 0 Å². The lowest BCUT2D eigenvalue weighted by Crippen LogP contribution is -2.37. The van der Waals surface area contributed by atoms with Gasteiger partial charge in [0.05, 0.1) is 11.9 Å². The molecule has 3 rings (SSSR count). The molecular formula is C24H22O4P-. The van der Waals surface area contributed by atoms with Crippen molar-refractivity contribution >= 4 is 40.0 Å². The Kier molecular flexibility index (Phi) is 6.69. The molecule has 0 unspecified atom stereocenters. The second-order valence-corrected chi connectivity index (χ2v) is 9.82. The molecule has 0 spiro atoms. The molecule has 0 N–H and O–H groups in total. The van der Waals surface area contributed by atoms with Crippen molar-refractivity contribution < 1.29 is 19.4 Å². The van der Waals surface area contributed by atoms with Crippen LogP contribution < -0.4 is 21.0 Å². The largest absolute Gasteiger partial charge is 0.550 e. The molecule has 4 nitrogen and oxygen atoms in total. The monoisotopic (exact) mass is 405 g/mol. The van der Waals surface area contributed by atoms with Crippen LogP contribution in [0, 0.1) is 0 Å². The fourth-order valence-electron chi connectivity index (χ4n) is 3.55. The van der Waals surface area contributed by atoms with Crippen molar-refractivity contribution in [2.24, 2.45) is 0 Å². The number of aliphatic carboxylic acids is 1. The van der Waals surface area contributed by atoms with E-state index in [2.05, 4.69) is 0 Å². The zero-order chi connectivity index (χ0) is 20.7. The summed E-state index contributed by atoms with van der Waals surface area (Å²) >= 11 is 0. The van der Waals surface area contributed by atoms with E-state index < -0.39 is 25.2 Å². The number of hydrogen-bond acceptors (Lipinski definition) is 4. The van der Waals surface area contributed by atoms with E-state index in [0.29, 0.717) is 0 Å². The Hall–Kier alpha value is -3.10. The first-order valence-electron chi connectivity index (χ1n) is 9.40. The molecule has 0 aliphatic carbocycles. The van der Waals surface area contributed by atoms with Gasteiger partial charge in [0.1, 0.15) is 0 Å². The summed E-state index contributed by atoms with van der Waals surface area (Å²) in [5.41, 5.74) is 0. The zero-order valence-electron chi connectivity index (χ0n) is 16.2. The van der Waals surface area contributed by atoms with E-state index in [1.807, 2.05) is 91.0 Å². The van der Waals surface area contributed by atoms with Gasteiger partial charge in [-0.15, -0.1) is 0 Å². The molecule has 29 heavy (non-hydrogen) atoms. The zero-order valence-corrected chi connectivity index (χ0v) is 17.0. The van der Waals surface area contributed by atoms with Crippen LogP contribution in [0.2, 0.25) is 0 Å². The number of carboxylic acid groups (broad SMARTS) is 1. The summed E-state index contributed by atoms with van der Waals surface area (Å²) < 4.78 is 5.34. The number of carbonyl (C=O) groups excluding carboxylic acids is 2. The summed E-state index contributed by atoms with van der Waals surface area (Å²) in [4.78, 5) is 24.9. The lowest BCUT2D eigenvalue weighted by Gasteiger charge is -2.32. The van der Waals surface area contributed by atoms with Crippen LogP contribution in [0.4, 0.5) is 0 Å². The van der Waals surface area contributed by atoms with Gasteiger partial charge in [-0.05, 0) is 29.7 Å². The molecular weight excluding hydrogens is 383 g/mol. The van der Waals surface area contributed by atoms with Crippen LogP contribution in [-0.4, -0.2) is 23.8 Å². The maximum Gasteiger partial charge on any atom is 0.335 e. The van der Waals surface area contributed by atoms with Gasteiger partial charge in [-0.1, -0.05) is 91.0 Å². The fraction of sp³-hybridized carbons (Fsp3) is 0.125. The van der Waals surface area contributed by atoms with Crippen LogP contribution in [0.3, 0.4) is 0 Å². The Labute approximate surface area is 170 Å². The first-order valence-corrected chi connectivity index (χ1v) is 11.2. The summed E-state index contributed by atoms with van der Waals surface area (Å²) in [6.45, 7) is -0.911. The van der Waals surface area contributed by atoms with Crippen molar-refractivity contribution in [3.05, 3.63) is 91.0 Å². The van der Waals surface area contributed by atoms with Gasteiger partial charge in [0.2, 0.25) is 0 Å². The van der Waals surface area contributed by atoms with E-state index in [4.69, 9.17) is 4.74 Å². The maximum atomic E-state index is 13.1. The molecule has 0 aliphatic heterocycles. The highest BCUT2D eigenvalue weighted by molar-refractivity contribution is 7.96. The van der Waals surface area contributed by atoms with Crippen LogP contribution in [-0.2, 0) is 14.3 Å². The lowest BCUT2D eigenvalue weighted by atomic mass is 10.3. The minimum absolute atomic E-state index is 0.160. The first kappa shape index (κ1) is 20.6. The van der Waals surface area contributed by atoms with Gasteiger partial charge in [-0.3, -0.25) is 0 Å². The summed E-state index contributed by atoms with van der Waals surface area (Å²) in [7, 11) is 0. The molecule has 0 bridgehead atoms. The molecule has 3 aromatic carbocycles. The summed E-state index contributed by atoms with van der Waals surface area (Å²) in [5, 5.41) is 14.6. The molecule has 3 aromatic rings. The Morgan fingerprint density at radius 2 is 1.14 bits per heavy atom. The molecule has 0 saturated carbocycles. The van der Waals surface area contributed by atoms with E-state index in [-0.39, 0.29) is 11.9 Å². The van der Waals surface area contributed by atoms with E-state index in [1.54, 1.807) is 6.92 Å². The SMILES string of the molecule is CCOC(=O)C(CC(=O)[O-])=P(c1ccccc1)(c1ccccc1)c1ccccc1. The highest BCUT2D eigenvalue weighted by atomic mass is 31.2. The van der Waals surface area contributed by atoms with Gasteiger partial charge in [-0.2, -0.15) is 0 Å². The average molecular weight is 405 g/mol. The van der Waals surface area contributed by atoms with Gasteiger partial charge < -0.3 is 14.6 Å². The second-order valence-electron chi connectivity index (χ2n) is 6.39. The van der Waals surface area contributed by atoms with Crippen molar-refractivity contribution in [2.75, 3.05) is 6.61 Å². The summed E-state index contributed by atoms with van der Waals surface area (Å²) in [6, 6.07) is 28.8. The molecule has 0 amide bonds. The van der Waals surface area contributed by atoms with E-state index in [9.17, 15) is 14.7 Å². The Bertz CT molecular complexity index is 925. The Morgan fingerprint density at radius 3 is 1.45 bits per heavy atom. The third kappa shape index (κ3) is 4.18. The number of hydrogen-bond donors (Lipinski definition) is 0. The number of ether oxygens (including phenoxy) is 1. The predicted octanol–water partition coefficient (Wildman–Crippen LogP) is 1.86. The maximum absolute atomic E-state index is 13.1. The molecule has 0 aliphatic rings. The summed E-state index contributed by atoms with van der Waals surface area (Å²) in [6.07, 6.45) is -0.495. The lowest BCUT2D eigenvalue weighted by molar-refractivity contribution is -0.303. The molecule has 0 heterocycles. The summed E-state index contributed by atoms with van der Waals surface area (Å²) in [5.74, 6) is -1.90. The minimum atomic E-state index is -2.78. The molecule has 0 fully saturated rings. The van der Waals surface area contributed by atoms with Gasteiger partial charge in [-0.25, -0.2) is 4.79 Å². The topological polar surface area (TPSA) is 66.4 Å². The molecule has 0 saturated heterocycles. The van der Waals surface area contributed by atoms with E-state index in [0.717, 1.165) is 15.9 Å². The van der Waals surface area contributed by atoms with Gasteiger partial charge in [0.25, 0.3) is 0 Å². The quantitative estimate of drug-likeness (QED) is 0.445. The number of benzene rings is 3. The Morgan fingerprint density at radius 1 is 0.759 bits per heavy atom. The average Bonchev–Trinajstić information content (AvgIpc) is 2.76. The smallest absolute Gasteiger partial charge is 0.335 e. The number of carboxylic acids is 1. The minimum Gasteiger partial charge on any atom is -0.550 e. The van der Waals surface area contributed by atoms with E-state index in [1.165, 1.54) is 0 Å². The van der Waals surface area contributed by atoms with Crippen molar-refractivity contribution in [1.29, 1.82) is 0 Å². The standard InChI is InChI=1S/C24H23O4P/c1-2-28-24(27)22(18-23(25)26)29(19-12-6-3-7-13-19,20-14-8-4-9-15-20)21-16-10-5-11-17-21/h3-17H,2,18H2,1H3,(H,25,26)/p-1. The third-order valence-corrected chi connectivity index (χ3v) is 9.03. The highest BCUT2D eigenvalue weighted by Crippen LogP contribution is 2.47. The van der Waals surface area contributed by atoms with Crippen LogP contribution >= 0.6 is 6.89 Å². The number of esters is 1. The van der Waals surface area contributed by atoms with Crippen LogP contribution in [0.5, 0.6) is 0 Å². The molecule has 0 aromatic heterocycles. The van der Waals surface area contributed by atoms with Crippen molar-refractivity contribution in [3.63, 3.8) is 0 Å². The van der Waals surface area contributed by atoms with Crippen molar-refractivity contribution in [3.8, 4) is 0 Å². The molecule has 0 radical (unpaired) electrons. The molecule has 148 valence electrons. The fourth-order valence-corrected chi connectivity index (χ4v) is 7.94. The van der Waals surface area contributed by atoms with Crippen molar-refractivity contribution in [1.82, 2.24) is 0 Å². The highest BCUT2D eigenvalue weighted by Gasteiger charge is 2.33. The number of carbonyl (C=O) groups is 2. The Balaban J connectivity index is 2.57. The third-order valence-electron chi connectivity index (χ3n) is 4.66. The normalized spacial score (nSPS) is 10.9. The van der Waals surface area contributed by atoms with Crippen LogP contribution in [0.1, 0.15) is 13.3 Å². The molecule has 5 heteroatoms. The second kappa shape index (κ2) is 9.40. The predicted molar refractivity (Wildman–Crippen MR) is 116 cm³/mol. The first-order chi connectivity index (χ1) is 14.1. The molecule has 0 atom stereocenters. The van der Waals surface area contributed by atoms with Crippen LogP contribution in [0.15, 0.2) is 91.0 Å². The van der Waals surface area contributed by atoms with Gasteiger partial charge in [0.15, 0.2) is 0 Å².